The molecule has 17 heavy (non-hydrogen) atoms. The standard InChI is InChI=1S/C11H27N3O2S/c1-10(2)6-7-11(3)13-17(15,16)14(4)9-5-8-12/h10-11,13H,5-9,12H2,1-4H3. The molecule has 0 saturated heterocycles. The highest BCUT2D eigenvalue weighted by molar-refractivity contribution is 7.87. The molecular formula is C11H27N3O2S. The van der Waals surface area contributed by atoms with E-state index in [0.717, 1.165) is 12.8 Å². The summed E-state index contributed by atoms with van der Waals surface area (Å²) < 4.78 is 27.7. The van der Waals surface area contributed by atoms with Crippen LogP contribution >= 0.6 is 0 Å². The monoisotopic (exact) mass is 265 g/mol. The Bertz CT molecular complexity index is 291. The van der Waals surface area contributed by atoms with E-state index in [4.69, 9.17) is 5.73 Å². The first-order chi connectivity index (χ1) is 7.79. The van der Waals surface area contributed by atoms with Gasteiger partial charge in [0.2, 0.25) is 0 Å². The maximum atomic E-state index is 11.9. The Kier molecular flexibility index (Phi) is 7.94. The smallest absolute Gasteiger partial charge is 0.279 e. The Morgan fingerprint density at radius 3 is 2.29 bits per heavy atom. The third kappa shape index (κ3) is 7.70. The van der Waals surface area contributed by atoms with E-state index in [2.05, 4.69) is 18.6 Å². The van der Waals surface area contributed by atoms with Crippen molar-refractivity contribution in [2.45, 2.75) is 46.1 Å². The van der Waals surface area contributed by atoms with Crippen molar-refractivity contribution in [3.63, 3.8) is 0 Å². The van der Waals surface area contributed by atoms with E-state index in [9.17, 15) is 8.42 Å². The van der Waals surface area contributed by atoms with E-state index in [-0.39, 0.29) is 6.04 Å². The number of nitrogens with two attached hydrogens (primary N) is 1. The van der Waals surface area contributed by atoms with Crippen molar-refractivity contribution in [1.82, 2.24) is 9.03 Å². The molecule has 1 atom stereocenters. The molecule has 0 heterocycles. The van der Waals surface area contributed by atoms with Gasteiger partial charge in [0.15, 0.2) is 0 Å². The quantitative estimate of drug-likeness (QED) is 0.651. The van der Waals surface area contributed by atoms with Gasteiger partial charge in [-0.3, -0.25) is 0 Å². The highest BCUT2D eigenvalue weighted by atomic mass is 32.2. The zero-order valence-electron chi connectivity index (χ0n) is 11.4. The lowest BCUT2D eigenvalue weighted by molar-refractivity contribution is 0.431. The molecule has 0 aliphatic rings. The summed E-state index contributed by atoms with van der Waals surface area (Å²) in [4.78, 5) is 0. The predicted octanol–water partition coefficient (Wildman–Crippen LogP) is 0.926. The molecule has 0 rings (SSSR count). The summed E-state index contributed by atoms with van der Waals surface area (Å²) in [5, 5.41) is 0. The van der Waals surface area contributed by atoms with Crippen LogP contribution in [0.25, 0.3) is 0 Å². The van der Waals surface area contributed by atoms with E-state index in [1.807, 2.05) is 6.92 Å². The van der Waals surface area contributed by atoms with Crippen molar-refractivity contribution in [1.29, 1.82) is 0 Å². The van der Waals surface area contributed by atoms with E-state index < -0.39 is 10.2 Å². The second kappa shape index (κ2) is 8.02. The van der Waals surface area contributed by atoms with Crippen molar-refractivity contribution in [2.24, 2.45) is 11.7 Å². The molecule has 104 valence electrons. The summed E-state index contributed by atoms with van der Waals surface area (Å²) in [5.41, 5.74) is 5.36. The van der Waals surface area contributed by atoms with Gasteiger partial charge in [-0.25, -0.2) is 0 Å². The average Bonchev–Trinajstić information content (AvgIpc) is 2.22. The second-order valence-electron chi connectivity index (χ2n) is 4.96. The van der Waals surface area contributed by atoms with Gasteiger partial charge in [-0.15, -0.1) is 0 Å². The maximum absolute atomic E-state index is 11.9. The molecule has 0 saturated carbocycles. The Hall–Kier alpha value is -0.170. The fraction of sp³-hybridized carbons (Fsp3) is 1.00. The van der Waals surface area contributed by atoms with Gasteiger partial charge in [0, 0.05) is 19.6 Å². The van der Waals surface area contributed by atoms with E-state index >= 15 is 0 Å². The molecular weight excluding hydrogens is 238 g/mol. The Balaban J connectivity index is 4.14. The van der Waals surface area contributed by atoms with Crippen molar-refractivity contribution >= 4 is 10.2 Å². The molecule has 0 aromatic rings. The first-order valence-corrected chi connectivity index (χ1v) is 7.67. The highest BCUT2D eigenvalue weighted by Gasteiger charge is 2.19. The molecule has 0 aromatic heterocycles. The van der Waals surface area contributed by atoms with Crippen molar-refractivity contribution in [3.8, 4) is 0 Å². The average molecular weight is 265 g/mol. The summed E-state index contributed by atoms with van der Waals surface area (Å²) in [7, 11) is -1.78. The van der Waals surface area contributed by atoms with Crippen molar-refractivity contribution < 1.29 is 8.42 Å². The minimum absolute atomic E-state index is 0.0253. The summed E-state index contributed by atoms with van der Waals surface area (Å²) >= 11 is 0. The lowest BCUT2D eigenvalue weighted by atomic mass is 10.1. The molecule has 1 unspecified atom stereocenters. The van der Waals surface area contributed by atoms with Gasteiger partial charge >= 0.3 is 0 Å². The topological polar surface area (TPSA) is 75.4 Å². The molecule has 5 nitrogen and oxygen atoms in total. The van der Waals surface area contributed by atoms with Gasteiger partial charge in [-0.2, -0.15) is 17.4 Å². The summed E-state index contributed by atoms with van der Waals surface area (Å²) in [6.45, 7) is 7.13. The lowest BCUT2D eigenvalue weighted by Gasteiger charge is -2.21. The van der Waals surface area contributed by atoms with Crippen molar-refractivity contribution in [2.75, 3.05) is 20.1 Å². The maximum Gasteiger partial charge on any atom is 0.279 e. The van der Waals surface area contributed by atoms with Crippen LogP contribution in [0.5, 0.6) is 0 Å². The van der Waals surface area contributed by atoms with Crippen LogP contribution in [-0.2, 0) is 10.2 Å². The van der Waals surface area contributed by atoms with Gasteiger partial charge in [-0.05, 0) is 38.6 Å². The SMILES string of the molecule is CC(C)CCC(C)NS(=O)(=O)N(C)CCCN. The molecule has 0 amide bonds. The molecule has 0 bridgehead atoms. The van der Waals surface area contributed by atoms with Crippen molar-refractivity contribution in [3.05, 3.63) is 0 Å². The van der Waals surface area contributed by atoms with Gasteiger partial charge in [0.1, 0.15) is 0 Å². The normalized spacial score (nSPS) is 14.5. The molecule has 0 radical (unpaired) electrons. The van der Waals surface area contributed by atoms with E-state index in [0.29, 0.717) is 25.4 Å². The molecule has 6 heteroatoms. The van der Waals surface area contributed by atoms with Crippen LogP contribution in [0.2, 0.25) is 0 Å². The summed E-state index contributed by atoms with van der Waals surface area (Å²) in [6, 6.07) is -0.0253. The third-order valence-corrected chi connectivity index (χ3v) is 4.32. The predicted molar refractivity (Wildman–Crippen MR) is 71.9 cm³/mol. The molecule has 3 N–H and O–H groups in total. The molecule has 0 aromatic carbocycles. The van der Waals surface area contributed by atoms with Crippen LogP contribution in [0.3, 0.4) is 0 Å². The van der Waals surface area contributed by atoms with Crippen LogP contribution in [-0.4, -0.2) is 38.9 Å². The van der Waals surface area contributed by atoms with E-state index in [1.165, 1.54) is 4.31 Å². The minimum Gasteiger partial charge on any atom is -0.330 e. The van der Waals surface area contributed by atoms with Gasteiger partial charge in [0.25, 0.3) is 10.2 Å². The van der Waals surface area contributed by atoms with Gasteiger partial charge in [0.05, 0.1) is 0 Å². The summed E-state index contributed by atoms with van der Waals surface area (Å²) in [6.07, 6.45) is 2.57. The highest BCUT2D eigenvalue weighted by Crippen LogP contribution is 2.08. The fourth-order valence-corrected chi connectivity index (χ4v) is 2.60. The van der Waals surface area contributed by atoms with Crippen LogP contribution in [0, 0.1) is 5.92 Å². The van der Waals surface area contributed by atoms with Crippen LogP contribution < -0.4 is 10.5 Å². The van der Waals surface area contributed by atoms with E-state index in [1.54, 1.807) is 7.05 Å². The summed E-state index contributed by atoms with van der Waals surface area (Å²) in [5.74, 6) is 0.594. The Morgan fingerprint density at radius 2 is 1.82 bits per heavy atom. The fourth-order valence-electron chi connectivity index (χ4n) is 1.42. The molecule has 0 spiro atoms. The number of rotatable bonds is 9. The van der Waals surface area contributed by atoms with Gasteiger partial charge < -0.3 is 5.73 Å². The number of hydrogen-bond acceptors (Lipinski definition) is 3. The Morgan fingerprint density at radius 1 is 1.24 bits per heavy atom. The lowest BCUT2D eigenvalue weighted by Crippen LogP contribution is -2.43. The van der Waals surface area contributed by atoms with Crippen LogP contribution in [0.1, 0.15) is 40.0 Å². The number of nitrogens with one attached hydrogen (secondary N) is 1. The zero-order chi connectivity index (χ0) is 13.5. The van der Waals surface area contributed by atoms with Crippen LogP contribution in [0.15, 0.2) is 0 Å². The largest absolute Gasteiger partial charge is 0.330 e. The molecule has 0 aliphatic heterocycles. The molecule has 0 aliphatic carbocycles. The zero-order valence-corrected chi connectivity index (χ0v) is 12.3. The third-order valence-electron chi connectivity index (χ3n) is 2.61. The van der Waals surface area contributed by atoms with Gasteiger partial charge in [-0.1, -0.05) is 13.8 Å². The number of hydrogen-bond donors (Lipinski definition) is 2. The second-order valence-corrected chi connectivity index (χ2v) is 6.77. The first-order valence-electron chi connectivity index (χ1n) is 6.23. The minimum atomic E-state index is -3.35. The Labute approximate surface area is 106 Å². The molecule has 0 fully saturated rings. The number of nitrogens with zero attached hydrogens (tertiary/aromatic N) is 1. The van der Waals surface area contributed by atoms with Crippen LogP contribution in [0.4, 0.5) is 0 Å². The first kappa shape index (κ1) is 16.8.